The second-order valence-corrected chi connectivity index (χ2v) is 8.00. The van der Waals surface area contributed by atoms with Crippen LogP contribution in [0.2, 0.25) is 0 Å². The van der Waals surface area contributed by atoms with Crippen molar-refractivity contribution >= 4 is 28.9 Å². The van der Waals surface area contributed by atoms with Crippen molar-refractivity contribution in [3.63, 3.8) is 0 Å². The van der Waals surface area contributed by atoms with Crippen molar-refractivity contribution in [3.05, 3.63) is 22.8 Å². The van der Waals surface area contributed by atoms with E-state index in [0.29, 0.717) is 37.2 Å². The summed E-state index contributed by atoms with van der Waals surface area (Å²) in [5.74, 6) is -0.253. The summed E-state index contributed by atoms with van der Waals surface area (Å²) in [7, 11) is 0. The largest absolute Gasteiger partial charge is 0.466 e. The molecule has 138 valence electrons. The Hall–Kier alpha value is -2.35. The Balaban J connectivity index is 1.54. The molecule has 26 heavy (non-hydrogen) atoms. The second kappa shape index (κ2) is 6.42. The molecular formula is C18H22N4O3S. The number of nitrogens with zero attached hydrogens (tertiary/aromatic N) is 1. The van der Waals surface area contributed by atoms with Crippen molar-refractivity contribution in [3.8, 4) is 10.4 Å². The molecule has 1 aliphatic carbocycles. The normalized spacial score (nSPS) is 24.7. The highest BCUT2D eigenvalue weighted by molar-refractivity contribution is 7.18. The number of anilines is 1. The third kappa shape index (κ3) is 2.88. The standard InChI is InChI=1S/C18H22N4O3S/c1-3-25-17(24)11-4-6-18(7-5-11)20-13-8-14(12-9-19-22-10(12)2)26-15(13)16(23)21-18/h8-9,11,20H,3-7H2,1-2H3,(H,19,22)(H,21,23). The molecule has 1 fully saturated rings. The first-order valence-corrected chi connectivity index (χ1v) is 9.74. The summed E-state index contributed by atoms with van der Waals surface area (Å²) in [6.07, 6.45) is 4.61. The Kier molecular flexibility index (Phi) is 4.22. The topological polar surface area (TPSA) is 96.1 Å². The van der Waals surface area contributed by atoms with E-state index in [9.17, 15) is 9.59 Å². The molecule has 0 aromatic carbocycles. The number of fused-ring (bicyclic) bond motifs is 1. The molecule has 3 heterocycles. The molecule has 0 atom stereocenters. The number of rotatable bonds is 3. The Bertz CT molecular complexity index is 848. The zero-order valence-corrected chi connectivity index (χ0v) is 15.7. The van der Waals surface area contributed by atoms with Crippen LogP contribution in [0.15, 0.2) is 12.3 Å². The number of aromatic nitrogens is 2. The molecule has 1 aliphatic heterocycles. The van der Waals surface area contributed by atoms with Crippen LogP contribution in [0.4, 0.5) is 5.69 Å². The van der Waals surface area contributed by atoms with Crippen molar-refractivity contribution in [2.24, 2.45) is 5.92 Å². The third-order valence-electron chi connectivity index (χ3n) is 5.22. The molecule has 3 N–H and O–H groups in total. The lowest BCUT2D eigenvalue weighted by Gasteiger charge is -2.43. The number of aromatic amines is 1. The first-order valence-electron chi connectivity index (χ1n) is 8.93. The van der Waals surface area contributed by atoms with E-state index in [4.69, 9.17) is 4.74 Å². The molecule has 0 bridgehead atoms. The second-order valence-electron chi connectivity index (χ2n) is 6.95. The van der Waals surface area contributed by atoms with E-state index in [0.717, 1.165) is 21.8 Å². The highest BCUT2D eigenvalue weighted by Gasteiger charge is 2.43. The summed E-state index contributed by atoms with van der Waals surface area (Å²) in [4.78, 5) is 26.4. The number of carbonyl (C=O) groups excluding carboxylic acids is 2. The van der Waals surface area contributed by atoms with Gasteiger partial charge in [-0.15, -0.1) is 11.3 Å². The summed E-state index contributed by atoms with van der Waals surface area (Å²) in [6, 6.07) is 2.02. The third-order valence-corrected chi connectivity index (χ3v) is 6.39. The molecule has 2 aromatic rings. The molecule has 4 rings (SSSR count). The van der Waals surface area contributed by atoms with Gasteiger partial charge in [-0.2, -0.15) is 5.10 Å². The number of thiophene rings is 1. The quantitative estimate of drug-likeness (QED) is 0.718. The van der Waals surface area contributed by atoms with Crippen LogP contribution in [0, 0.1) is 12.8 Å². The van der Waals surface area contributed by atoms with Crippen molar-refractivity contribution < 1.29 is 14.3 Å². The number of hydrogen-bond donors (Lipinski definition) is 3. The van der Waals surface area contributed by atoms with Gasteiger partial charge in [0, 0.05) is 16.1 Å². The van der Waals surface area contributed by atoms with Gasteiger partial charge >= 0.3 is 5.97 Å². The van der Waals surface area contributed by atoms with Gasteiger partial charge in [-0.05, 0) is 45.6 Å². The maximum absolute atomic E-state index is 12.7. The molecule has 2 aliphatic rings. The molecule has 0 saturated heterocycles. The van der Waals surface area contributed by atoms with E-state index in [1.807, 2.05) is 19.9 Å². The van der Waals surface area contributed by atoms with Crippen LogP contribution in [-0.2, 0) is 9.53 Å². The summed E-state index contributed by atoms with van der Waals surface area (Å²) >= 11 is 1.47. The lowest BCUT2D eigenvalue weighted by Crippen LogP contribution is -2.59. The van der Waals surface area contributed by atoms with Gasteiger partial charge in [0.2, 0.25) is 0 Å². The summed E-state index contributed by atoms with van der Waals surface area (Å²) < 4.78 is 5.14. The van der Waals surface area contributed by atoms with E-state index in [1.165, 1.54) is 11.3 Å². The maximum Gasteiger partial charge on any atom is 0.308 e. The molecule has 0 unspecified atom stereocenters. The predicted molar refractivity (Wildman–Crippen MR) is 99.0 cm³/mol. The van der Waals surface area contributed by atoms with Gasteiger partial charge < -0.3 is 15.4 Å². The monoisotopic (exact) mass is 374 g/mol. The van der Waals surface area contributed by atoms with E-state index in [-0.39, 0.29) is 17.8 Å². The summed E-state index contributed by atoms with van der Waals surface area (Å²) in [5.41, 5.74) is 2.38. The number of esters is 1. The van der Waals surface area contributed by atoms with E-state index in [1.54, 1.807) is 6.20 Å². The molecule has 1 saturated carbocycles. The van der Waals surface area contributed by atoms with Gasteiger partial charge in [-0.3, -0.25) is 14.7 Å². The van der Waals surface area contributed by atoms with Crippen molar-refractivity contribution in [2.75, 3.05) is 11.9 Å². The number of hydrogen-bond acceptors (Lipinski definition) is 6. The highest BCUT2D eigenvalue weighted by atomic mass is 32.1. The SMILES string of the molecule is CCOC(=O)C1CCC2(CC1)NC(=O)c1sc(-c3cn[nH]c3C)cc1N2. The smallest absolute Gasteiger partial charge is 0.308 e. The van der Waals surface area contributed by atoms with Crippen molar-refractivity contribution in [1.82, 2.24) is 15.5 Å². The Morgan fingerprint density at radius 3 is 2.81 bits per heavy atom. The Labute approximate surface area is 155 Å². The molecule has 2 aromatic heterocycles. The molecular weight excluding hydrogens is 352 g/mol. The number of carbonyl (C=O) groups is 2. The molecule has 1 amide bonds. The van der Waals surface area contributed by atoms with Gasteiger partial charge in [0.05, 0.1) is 24.4 Å². The Morgan fingerprint density at radius 2 is 2.15 bits per heavy atom. The average molecular weight is 374 g/mol. The molecule has 7 nitrogen and oxygen atoms in total. The van der Waals surface area contributed by atoms with Gasteiger partial charge in [0.1, 0.15) is 10.5 Å². The maximum atomic E-state index is 12.7. The van der Waals surface area contributed by atoms with Crippen LogP contribution in [0.5, 0.6) is 0 Å². The first kappa shape index (κ1) is 17.1. The molecule has 0 radical (unpaired) electrons. The van der Waals surface area contributed by atoms with Crippen LogP contribution in [-0.4, -0.2) is 34.3 Å². The summed E-state index contributed by atoms with van der Waals surface area (Å²) in [6.45, 7) is 4.19. The summed E-state index contributed by atoms with van der Waals surface area (Å²) in [5, 5.41) is 13.7. The van der Waals surface area contributed by atoms with Gasteiger partial charge in [-0.25, -0.2) is 0 Å². The number of amides is 1. The van der Waals surface area contributed by atoms with E-state index in [2.05, 4.69) is 20.8 Å². The van der Waals surface area contributed by atoms with Crippen LogP contribution < -0.4 is 10.6 Å². The zero-order chi connectivity index (χ0) is 18.3. The minimum atomic E-state index is -0.475. The van der Waals surface area contributed by atoms with Gasteiger partial charge in [0.15, 0.2) is 0 Å². The minimum Gasteiger partial charge on any atom is -0.466 e. The van der Waals surface area contributed by atoms with Crippen molar-refractivity contribution in [2.45, 2.75) is 45.2 Å². The molecule has 8 heteroatoms. The number of H-pyrrole nitrogens is 1. The fourth-order valence-corrected chi connectivity index (χ4v) is 4.88. The lowest BCUT2D eigenvalue weighted by molar-refractivity contribution is -0.149. The average Bonchev–Trinajstić information content (AvgIpc) is 3.21. The highest BCUT2D eigenvalue weighted by Crippen LogP contribution is 2.42. The number of nitrogens with one attached hydrogen (secondary N) is 3. The van der Waals surface area contributed by atoms with Crippen LogP contribution in [0.1, 0.15) is 48.0 Å². The fourth-order valence-electron chi connectivity index (χ4n) is 3.80. The van der Waals surface area contributed by atoms with E-state index >= 15 is 0 Å². The first-order chi connectivity index (χ1) is 12.5. The Morgan fingerprint density at radius 1 is 1.38 bits per heavy atom. The van der Waals surface area contributed by atoms with E-state index < -0.39 is 5.66 Å². The van der Waals surface area contributed by atoms with Gasteiger partial charge in [0.25, 0.3) is 5.91 Å². The fraction of sp³-hybridized carbons (Fsp3) is 0.500. The lowest BCUT2D eigenvalue weighted by atomic mass is 9.80. The van der Waals surface area contributed by atoms with Crippen LogP contribution in [0.25, 0.3) is 10.4 Å². The zero-order valence-electron chi connectivity index (χ0n) is 14.8. The van der Waals surface area contributed by atoms with Gasteiger partial charge in [-0.1, -0.05) is 0 Å². The minimum absolute atomic E-state index is 0.0502. The van der Waals surface area contributed by atoms with Crippen LogP contribution in [0.3, 0.4) is 0 Å². The van der Waals surface area contributed by atoms with Crippen LogP contribution >= 0.6 is 11.3 Å². The number of aryl methyl sites for hydroxylation is 1. The van der Waals surface area contributed by atoms with Crippen molar-refractivity contribution in [1.29, 1.82) is 0 Å². The predicted octanol–water partition coefficient (Wildman–Crippen LogP) is 3.05. The number of ether oxygens (including phenoxy) is 1. The molecule has 1 spiro atoms.